The summed E-state index contributed by atoms with van der Waals surface area (Å²) in [6, 6.07) is 15.7. The highest BCUT2D eigenvalue weighted by Crippen LogP contribution is 2.19. The number of nitrogens with one attached hydrogen (secondary N) is 1. The zero-order valence-electron chi connectivity index (χ0n) is 16.6. The lowest BCUT2D eigenvalue weighted by Crippen LogP contribution is -2.43. The number of aryl methyl sites for hydroxylation is 1. The minimum Gasteiger partial charge on any atom is -0.497 e. The summed E-state index contributed by atoms with van der Waals surface area (Å²) in [5.41, 5.74) is 3.29. The van der Waals surface area contributed by atoms with Gasteiger partial charge in [0, 0.05) is 25.6 Å². The van der Waals surface area contributed by atoms with Crippen molar-refractivity contribution in [3.63, 3.8) is 0 Å². The highest BCUT2D eigenvalue weighted by atomic mass is 16.5. The highest BCUT2D eigenvalue weighted by molar-refractivity contribution is 5.81. The molecule has 1 heterocycles. The number of methoxy groups -OCH3 is 1. The fraction of sp³-hybridized carbons (Fsp3) is 0.391. The van der Waals surface area contributed by atoms with Gasteiger partial charge in [-0.05, 0) is 43.0 Å². The summed E-state index contributed by atoms with van der Waals surface area (Å²) >= 11 is 0. The number of hydrogen-bond donors (Lipinski definition) is 1. The van der Waals surface area contributed by atoms with Crippen LogP contribution in [-0.4, -0.2) is 36.9 Å². The molecule has 3 rings (SSSR count). The summed E-state index contributed by atoms with van der Waals surface area (Å²) in [4.78, 5) is 26.8. The molecule has 0 aromatic heterocycles. The Kier molecular flexibility index (Phi) is 6.69. The van der Waals surface area contributed by atoms with E-state index < -0.39 is 0 Å². The number of piperidine rings is 1. The van der Waals surface area contributed by atoms with Crippen LogP contribution in [0.4, 0.5) is 0 Å². The van der Waals surface area contributed by atoms with Crippen LogP contribution in [0.25, 0.3) is 0 Å². The maximum Gasteiger partial charge on any atom is 0.226 e. The number of amides is 2. The summed E-state index contributed by atoms with van der Waals surface area (Å²) < 4.78 is 5.14. The fourth-order valence-corrected chi connectivity index (χ4v) is 3.46. The Morgan fingerprint density at radius 3 is 2.21 bits per heavy atom. The van der Waals surface area contributed by atoms with Gasteiger partial charge in [0.2, 0.25) is 11.8 Å². The number of rotatable bonds is 6. The zero-order valence-corrected chi connectivity index (χ0v) is 16.6. The lowest BCUT2D eigenvalue weighted by molar-refractivity contribution is -0.135. The Morgan fingerprint density at radius 1 is 1.00 bits per heavy atom. The van der Waals surface area contributed by atoms with E-state index in [2.05, 4.69) is 17.4 Å². The molecule has 1 aliphatic heterocycles. The number of carbonyl (C=O) groups excluding carboxylic acids is 2. The second kappa shape index (κ2) is 9.40. The highest BCUT2D eigenvalue weighted by Gasteiger charge is 2.27. The van der Waals surface area contributed by atoms with E-state index in [0.717, 1.165) is 16.9 Å². The molecule has 1 N–H and O–H groups in total. The summed E-state index contributed by atoms with van der Waals surface area (Å²) in [5, 5.41) is 3.03. The Morgan fingerprint density at radius 2 is 1.61 bits per heavy atom. The summed E-state index contributed by atoms with van der Waals surface area (Å²) in [6.45, 7) is 3.87. The van der Waals surface area contributed by atoms with E-state index >= 15 is 0 Å². The molecule has 0 spiro atoms. The molecule has 2 aromatic carbocycles. The average Bonchev–Trinajstić information content (AvgIpc) is 2.73. The topological polar surface area (TPSA) is 58.6 Å². The molecule has 0 radical (unpaired) electrons. The molecule has 148 valence electrons. The normalized spacial score (nSPS) is 14.6. The van der Waals surface area contributed by atoms with Gasteiger partial charge in [-0.1, -0.05) is 42.0 Å². The van der Waals surface area contributed by atoms with Gasteiger partial charge in [-0.3, -0.25) is 9.59 Å². The van der Waals surface area contributed by atoms with Gasteiger partial charge in [0.15, 0.2) is 0 Å². The van der Waals surface area contributed by atoms with Crippen LogP contribution >= 0.6 is 0 Å². The minimum atomic E-state index is -0.0181. The first-order chi connectivity index (χ1) is 13.5. The predicted molar refractivity (Wildman–Crippen MR) is 109 cm³/mol. The molecule has 5 nitrogen and oxygen atoms in total. The van der Waals surface area contributed by atoms with Gasteiger partial charge < -0.3 is 15.0 Å². The van der Waals surface area contributed by atoms with Gasteiger partial charge in [0.05, 0.1) is 13.5 Å². The van der Waals surface area contributed by atoms with E-state index in [1.807, 2.05) is 48.2 Å². The van der Waals surface area contributed by atoms with Crippen LogP contribution in [0.3, 0.4) is 0 Å². The van der Waals surface area contributed by atoms with Gasteiger partial charge in [0.1, 0.15) is 5.75 Å². The second-order valence-electron chi connectivity index (χ2n) is 7.38. The number of hydrogen-bond acceptors (Lipinski definition) is 3. The van der Waals surface area contributed by atoms with Gasteiger partial charge in [-0.15, -0.1) is 0 Å². The van der Waals surface area contributed by atoms with Crippen molar-refractivity contribution in [1.82, 2.24) is 10.2 Å². The van der Waals surface area contributed by atoms with Gasteiger partial charge in [-0.25, -0.2) is 0 Å². The monoisotopic (exact) mass is 380 g/mol. The molecule has 1 saturated heterocycles. The Hall–Kier alpha value is -2.82. The fourth-order valence-electron chi connectivity index (χ4n) is 3.46. The molecule has 2 amide bonds. The van der Waals surface area contributed by atoms with E-state index in [4.69, 9.17) is 4.74 Å². The Bertz CT molecular complexity index is 792. The summed E-state index contributed by atoms with van der Waals surface area (Å²) in [7, 11) is 1.63. The lowest BCUT2D eigenvalue weighted by atomic mass is 9.95. The molecule has 0 saturated carbocycles. The van der Waals surface area contributed by atoms with Crippen molar-refractivity contribution in [3.8, 4) is 5.75 Å². The van der Waals surface area contributed by atoms with Gasteiger partial charge in [-0.2, -0.15) is 0 Å². The van der Waals surface area contributed by atoms with Crippen molar-refractivity contribution in [1.29, 1.82) is 0 Å². The van der Waals surface area contributed by atoms with Crippen LogP contribution in [-0.2, 0) is 22.6 Å². The molecule has 0 aliphatic carbocycles. The summed E-state index contributed by atoms with van der Waals surface area (Å²) in [6.07, 6.45) is 1.82. The first kappa shape index (κ1) is 19.9. The third kappa shape index (κ3) is 5.35. The van der Waals surface area contributed by atoms with Crippen molar-refractivity contribution in [2.45, 2.75) is 32.7 Å². The maximum atomic E-state index is 12.5. The van der Waals surface area contributed by atoms with E-state index in [0.29, 0.717) is 38.9 Å². The van der Waals surface area contributed by atoms with Crippen LogP contribution in [0.2, 0.25) is 0 Å². The summed E-state index contributed by atoms with van der Waals surface area (Å²) in [5.74, 6) is 0.968. The lowest BCUT2D eigenvalue weighted by Gasteiger charge is -2.31. The SMILES string of the molecule is COc1ccc(CC(=O)N2CCC(C(=O)NCc3ccc(C)cc3)CC2)cc1. The average molecular weight is 380 g/mol. The van der Waals surface area contributed by atoms with E-state index in [1.165, 1.54) is 5.56 Å². The second-order valence-corrected chi connectivity index (χ2v) is 7.38. The molecule has 5 heteroatoms. The van der Waals surface area contributed by atoms with Crippen molar-refractivity contribution in [3.05, 3.63) is 65.2 Å². The van der Waals surface area contributed by atoms with Crippen LogP contribution < -0.4 is 10.1 Å². The van der Waals surface area contributed by atoms with Gasteiger partial charge >= 0.3 is 0 Å². The standard InChI is InChI=1S/C23H28N2O3/c1-17-3-5-19(6-4-17)16-24-23(27)20-11-13-25(14-12-20)22(26)15-18-7-9-21(28-2)10-8-18/h3-10,20H,11-16H2,1-2H3,(H,24,27). The maximum absolute atomic E-state index is 12.5. The Labute approximate surface area is 166 Å². The minimum absolute atomic E-state index is 0.0181. The van der Waals surface area contributed by atoms with Crippen LogP contribution in [0.5, 0.6) is 5.75 Å². The number of carbonyl (C=O) groups is 2. The largest absolute Gasteiger partial charge is 0.497 e. The van der Waals surface area contributed by atoms with Crippen LogP contribution in [0.15, 0.2) is 48.5 Å². The first-order valence-corrected chi connectivity index (χ1v) is 9.79. The molecule has 0 unspecified atom stereocenters. The number of nitrogens with zero attached hydrogens (tertiary/aromatic N) is 1. The first-order valence-electron chi connectivity index (χ1n) is 9.79. The molecule has 0 bridgehead atoms. The predicted octanol–water partition coefficient (Wildman–Crippen LogP) is 3.10. The van der Waals surface area contributed by atoms with Crippen LogP contribution in [0, 0.1) is 12.8 Å². The Balaban J connectivity index is 1.43. The smallest absolute Gasteiger partial charge is 0.226 e. The number of likely N-dealkylation sites (tertiary alicyclic amines) is 1. The van der Waals surface area contributed by atoms with E-state index in [1.54, 1.807) is 7.11 Å². The van der Waals surface area contributed by atoms with Gasteiger partial charge in [0.25, 0.3) is 0 Å². The third-order valence-corrected chi connectivity index (χ3v) is 5.32. The number of ether oxygens (including phenoxy) is 1. The molecular weight excluding hydrogens is 352 g/mol. The van der Waals surface area contributed by atoms with Crippen molar-refractivity contribution >= 4 is 11.8 Å². The van der Waals surface area contributed by atoms with E-state index in [9.17, 15) is 9.59 Å². The van der Waals surface area contributed by atoms with Crippen molar-refractivity contribution < 1.29 is 14.3 Å². The van der Waals surface area contributed by atoms with Crippen LogP contribution in [0.1, 0.15) is 29.5 Å². The van der Waals surface area contributed by atoms with E-state index in [-0.39, 0.29) is 17.7 Å². The van der Waals surface area contributed by atoms with Crippen molar-refractivity contribution in [2.24, 2.45) is 5.92 Å². The number of benzene rings is 2. The quantitative estimate of drug-likeness (QED) is 0.838. The molecule has 1 aliphatic rings. The molecule has 2 aromatic rings. The zero-order chi connectivity index (χ0) is 19.9. The molecular formula is C23H28N2O3. The third-order valence-electron chi connectivity index (χ3n) is 5.32. The molecule has 1 fully saturated rings. The van der Waals surface area contributed by atoms with Crippen molar-refractivity contribution in [2.75, 3.05) is 20.2 Å². The molecule has 28 heavy (non-hydrogen) atoms. The molecule has 0 atom stereocenters.